The predicted octanol–water partition coefficient (Wildman–Crippen LogP) is 4.24. The molecule has 1 aliphatic rings. The molecular weight excluding hydrogens is 374 g/mol. The molecule has 0 aliphatic carbocycles. The SMILES string of the molecule is O=C(O)c1cc(Br)cc2c1N(C(=O)OCc1ccccc1)CCC2. The van der Waals surface area contributed by atoms with Crippen LogP contribution in [0, 0.1) is 0 Å². The topological polar surface area (TPSA) is 66.8 Å². The van der Waals surface area contributed by atoms with Gasteiger partial charge in [0.05, 0.1) is 11.3 Å². The molecule has 124 valence electrons. The van der Waals surface area contributed by atoms with E-state index in [2.05, 4.69) is 15.9 Å². The third kappa shape index (κ3) is 3.43. The van der Waals surface area contributed by atoms with Gasteiger partial charge in [0.1, 0.15) is 6.61 Å². The minimum absolute atomic E-state index is 0.107. The number of carbonyl (C=O) groups is 2. The van der Waals surface area contributed by atoms with Crippen LogP contribution in [-0.2, 0) is 17.8 Å². The second-order valence-electron chi connectivity index (χ2n) is 5.56. The van der Waals surface area contributed by atoms with E-state index < -0.39 is 12.1 Å². The van der Waals surface area contributed by atoms with Crippen LogP contribution in [0.15, 0.2) is 46.9 Å². The number of halogens is 1. The second kappa shape index (κ2) is 7.05. The minimum atomic E-state index is -1.06. The molecule has 6 heteroatoms. The Hall–Kier alpha value is -2.34. The van der Waals surface area contributed by atoms with Gasteiger partial charge < -0.3 is 9.84 Å². The number of amides is 1. The smallest absolute Gasteiger partial charge is 0.414 e. The number of nitrogens with zero attached hydrogens (tertiary/aromatic N) is 1. The van der Waals surface area contributed by atoms with E-state index in [4.69, 9.17) is 4.74 Å². The third-order valence-corrected chi connectivity index (χ3v) is 4.37. The van der Waals surface area contributed by atoms with Crippen molar-refractivity contribution in [2.45, 2.75) is 19.4 Å². The van der Waals surface area contributed by atoms with Gasteiger partial charge in [0.15, 0.2) is 0 Å². The van der Waals surface area contributed by atoms with Gasteiger partial charge in [-0.25, -0.2) is 9.59 Å². The number of fused-ring (bicyclic) bond motifs is 1. The number of aryl methyl sites for hydroxylation is 1. The Morgan fingerprint density at radius 1 is 1.21 bits per heavy atom. The van der Waals surface area contributed by atoms with Crippen molar-refractivity contribution >= 4 is 33.7 Å². The van der Waals surface area contributed by atoms with Crippen LogP contribution in [0.3, 0.4) is 0 Å². The van der Waals surface area contributed by atoms with Crippen molar-refractivity contribution in [2.75, 3.05) is 11.4 Å². The zero-order valence-electron chi connectivity index (χ0n) is 12.9. The molecule has 1 heterocycles. The van der Waals surface area contributed by atoms with Gasteiger partial charge in [0.25, 0.3) is 0 Å². The fraction of sp³-hybridized carbons (Fsp3) is 0.222. The molecule has 0 radical (unpaired) electrons. The van der Waals surface area contributed by atoms with Crippen molar-refractivity contribution in [3.63, 3.8) is 0 Å². The van der Waals surface area contributed by atoms with Crippen LogP contribution in [-0.4, -0.2) is 23.7 Å². The number of carboxylic acid groups (broad SMARTS) is 1. The Morgan fingerprint density at radius 2 is 1.96 bits per heavy atom. The average Bonchev–Trinajstić information content (AvgIpc) is 2.59. The van der Waals surface area contributed by atoms with Gasteiger partial charge in [-0.1, -0.05) is 46.3 Å². The highest BCUT2D eigenvalue weighted by Crippen LogP contribution is 2.34. The lowest BCUT2D eigenvalue weighted by Gasteiger charge is -2.30. The van der Waals surface area contributed by atoms with Crippen LogP contribution in [0.1, 0.15) is 27.9 Å². The Bertz CT molecular complexity index is 776. The average molecular weight is 390 g/mol. The van der Waals surface area contributed by atoms with E-state index in [1.807, 2.05) is 36.4 Å². The van der Waals surface area contributed by atoms with E-state index in [1.165, 1.54) is 11.0 Å². The second-order valence-corrected chi connectivity index (χ2v) is 6.48. The lowest BCUT2D eigenvalue weighted by Crippen LogP contribution is -2.37. The number of carbonyl (C=O) groups excluding carboxylic acids is 1. The van der Waals surface area contributed by atoms with E-state index in [-0.39, 0.29) is 12.2 Å². The molecule has 24 heavy (non-hydrogen) atoms. The van der Waals surface area contributed by atoms with Crippen LogP contribution < -0.4 is 4.90 Å². The normalized spacial score (nSPS) is 13.3. The summed E-state index contributed by atoms with van der Waals surface area (Å²) in [5, 5.41) is 9.47. The highest BCUT2D eigenvalue weighted by Gasteiger charge is 2.29. The summed E-state index contributed by atoms with van der Waals surface area (Å²) in [6.07, 6.45) is 0.977. The van der Waals surface area contributed by atoms with Gasteiger partial charge in [-0.05, 0) is 36.1 Å². The van der Waals surface area contributed by atoms with Gasteiger partial charge in [-0.3, -0.25) is 4.90 Å². The first-order chi connectivity index (χ1) is 11.6. The number of hydrogen-bond acceptors (Lipinski definition) is 3. The van der Waals surface area contributed by atoms with Gasteiger partial charge >= 0.3 is 12.1 Å². The van der Waals surface area contributed by atoms with Gasteiger partial charge in [0.2, 0.25) is 0 Å². The van der Waals surface area contributed by atoms with Crippen LogP contribution in [0.25, 0.3) is 0 Å². The molecule has 1 aliphatic heterocycles. The number of aromatic carboxylic acids is 1. The maximum Gasteiger partial charge on any atom is 0.414 e. The third-order valence-electron chi connectivity index (χ3n) is 3.91. The number of anilines is 1. The fourth-order valence-electron chi connectivity index (χ4n) is 2.85. The van der Waals surface area contributed by atoms with Crippen molar-refractivity contribution < 1.29 is 19.4 Å². The molecule has 3 rings (SSSR count). The molecule has 1 amide bonds. The number of hydrogen-bond donors (Lipinski definition) is 1. The largest absolute Gasteiger partial charge is 0.478 e. The zero-order valence-corrected chi connectivity index (χ0v) is 14.5. The maximum absolute atomic E-state index is 12.5. The molecule has 0 aromatic heterocycles. The molecule has 0 saturated heterocycles. The van der Waals surface area contributed by atoms with Crippen molar-refractivity contribution in [2.24, 2.45) is 0 Å². The van der Waals surface area contributed by atoms with Crippen molar-refractivity contribution in [3.8, 4) is 0 Å². The number of benzene rings is 2. The van der Waals surface area contributed by atoms with Crippen LogP contribution in [0.5, 0.6) is 0 Å². The fourth-order valence-corrected chi connectivity index (χ4v) is 3.35. The number of carboxylic acids is 1. The van der Waals surface area contributed by atoms with Gasteiger partial charge in [-0.2, -0.15) is 0 Å². The molecule has 0 saturated carbocycles. The molecular formula is C18H16BrNO4. The summed E-state index contributed by atoms with van der Waals surface area (Å²) in [4.78, 5) is 25.5. The summed E-state index contributed by atoms with van der Waals surface area (Å²) in [5.41, 5.74) is 2.27. The van der Waals surface area contributed by atoms with Crippen LogP contribution in [0.2, 0.25) is 0 Å². The summed E-state index contributed by atoms with van der Waals surface area (Å²) in [6.45, 7) is 0.604. The standard InChI is InChI=1S/C18H16BrNO4/c19-14-9-13-7-4-8-20(16(13)15(10-14)17(21)22)18(23)24-11-12-5-2-1-3-6-12/h1-3,5-6,9-10H,4,7-8,11H2,(H,21,22). The lowest BCUT2D eigenvalue weighted by atomic mass is 9.98. The highest BCUT2D eigenvalue weighted by atomic mass is 79.9. The highest BCUT2D eigenvalue weighted by molar-refractivity contribution is 9.10. The lowest BCUT2D eigenvalue weighted by molar-refractivity contribution is 0.0697. The summed E-state index contributed by atoms with van der Waals surface area (Å²) in [5.74, 6) is -1.06. The molecule has 0 unspecified atom stereocenters. The van der Waals surface area contributed by atoms with Gasteiger partial charge in [0, 0.05) is 11.0 Å². The van der Waals surface area contributed by atoms with E-state index in [0.717, 1.165) is 24.0 Å². The summed E-state index contributed by atoms with van der Waals surface area (Å²) in [6, 6.07) is 12.8. The van der Waals surface area contributed by atoms with Crippen LogP contribution in [0.4, 0.5) is 10.5 Å². The predicted molar refractivity (Wildman–Crippen MR) is 93.4 cm³/mol. The molecule has 2 aromatic rings. The quantitative estimate of drug-likeness (QED) is 0.852. The molecule has 2 aromatic carbocycles. The molecule has 0 bridgehead atoms. The first-order valence-electron chi connectivity index (χ1n) is 7.60. The molecule has 0 fully saturated rings. The van der Waals surface area contributed by atoms with Gasteiger partial charge in [-0.15, -0.1) is 0 Å². The summed E-state index contributed by atoms with van der Waals surface area (Å²) < 4.78 is 6.06. The Kier molecular flexibility index (Phi) is 4.85. The maximum atomic E-state index is 12.5. The summed E-state index contributed by atoms with van der Waals surface area (Å²) >= 11 is 3.33. The van der Waals surface area contributed by atoms with Crippen LogP contribution >= 0.6 is 15.9 Å². The monoisotopic (exact) mass is 389 g/mol. The van der Waals surface area contributed by atoms with E-state index >= 15 is 0 Å². The van der Waals surface area contributed by atoms with E-state index in [9.17, 15) is 14.7 Å². The van der Waals surface area contributed by atoms with E-state index in [1.54, 1.807) is 0 Å². The van der Waals surface area contributed by atoms with Crippen molar-refractivity contribution in [3.05, 3.63) is 63.6 Å². The van der Waals surface area contributed by atoms with Crippen molar-refractivity contribution in [1.82, 2.24) is 0 Å². The Labute approximate surface area is 148 Å². The first kappa shape index (κ1) is 16.5. The number of rotatable bonds is 3. The molecule has 1 N–H and O–H groups in total. The Morgan fingerprint density at radius 3 is 2.67 bits per heavy atom. The molecule has 0 spiro atoms. The summed E-state index contributed by atoms with van der Waals surface area (Å²) in [7, 11) is 0. The van der Waals surface area contributed by atoms with E-state index in [0.29, 0.717) is 16.7 Å². The first-order valence-corrected chi connectivity index (χ1v) is 8.39. The minimum Gasteiger partial charge on any atom is -0.478 e. The van der Waals surface area contributed by atoms with Crippen molar-refractivity contribution in [1.29, 1.82) is 0 Å². The molecule has 5 nitrogen and oxygen atoms in total. The number of ether oxygens (including phenoxy) is 1. The Balaban J connectivity index is 1.86. The zero-order chi connectivity index (χ0) is 17.1. The molecule has 0 atom stereocenters.